The molecule has 1 aromatic heterocycles. The van der Waals surface area contributed by atoms with E-state index in [4.69, 9.17) is 4.74 Å². The fourth-order valence-electron chi connectivity index (χ4n) is 2.96. The Hall–Kier alpha value is -3.15. The Morgan fingerprint density at radius 2 is 1.93 bits per heavy atom. The van der Waals surface area contributed by atoms with Crippen LogP contribution in [0.3, 0.4) is 0 Å². The maximum absolute atomic E-state index is 12.2. The van der Waals surface area contributed by atoms with Crippen LogP contribution in [0.5, 0.6) is 5.75 Å². The molecule has 6 nitrogen and oxygen atoms in total. The maximum atomic E-state index is 12.2. The van der Waals surface area contributed by atoms with Gasteiger partial charge in [-0.1, -0.05) is 45.0 Å². The number of rotatable bonds is 5. The first-order valence-electron chi connectivity index (χ1n) is 8.80. The highest BCUT2D eigenvalue weighted by Gasteiger charge is 2.23. The minimum atomic E-state index is -0.516. The third-order valence-electron chi connectivity index (χ3n) is 4.52. The first kappa shape index (κ1) is 18.6. The number of esters is 1. The molecule has 0 unspecified atom stereocenters. The summed E-state index contributed by atoms with van der Waals surface area (Å²) in [7, 11) is 0. The number of benzene rings is 2. The molecule has 1 N–H and O–H groups in total. The number of hydrogen-bond acceptors (Lipinski definition) is 4. The molecule has 3 rings (SSSR count). The molecule has 6 heteroatoms. The molecule has 1 heterocycles. The fraction of sp³-hybridized carbons (Fsp3) is 0.286. The summed E-state index contributed by atoms with van der Waals surface area (Å²) in [6, 6.07) is 12.6. The molecule has 0 spiro atoms. The zero-order valence-electron chi connectivity index (χ0n) is 15.6. The summed E-state index contributed by atoms with van der Waals surface area (Å²) in [5.41, 5.74) is 2.41. The van der Waals surface area contributed by atoms with Crippen molar-refractivity contribution >= 4 is 22.6 Å². The van der Waals surface area contributed by atoms with Gasteiger partial charge in [0.05, 0.1) is 11.3 Å². The molecular weight excluding hydrogens is 344 g/mol. The van der Waals surface area contributed by atoms with Crippen molar-refractivity contribution in [1.82, 2.24) is 4.98 Å². The van der Waals surface area contributed by atoms with Gasteiger partial charge in [-0.15, -0.1) is 0 Å². The van der Waals surface area contributed by atoms with Crippen LogP contribution in [0.25, 0.3) is 10.9 Å². The highest BCUT2D eigenvalue weighted by Crippen LogP contribution is 2.33. The van der Waals surface area contributed by atoms with Crippen LogP contribution in [0.15, 0.2) is 48.7 Å². The molecule has 0 saturated carbocycles. The Balaban J connectivity index is 1.73. The number of para-hydroxylation sites is 1. The van der Waals surface area contributed by atoms with Crippen molar-refractivity contribution in [3.63, 3.8) is 0 Å². The molecule has 0 bridgehead atoms. The van der Waals surface area contributed by atoms with Crippen LogP contribution in [-0.4, -0.2) is 15.9 Å². The van der Waals surface area contributed by atoms with Crippen molar-refractivity contribution in [2.45, 2.75) is 39.0 Å². The van der Waals surface area contributed by atoms with E-state index in [-0.39, 0.29) is 23.3 Å². The molecule has 0 radical (unpaired) electrons. The van der Waals surface area contributed by atoms with E-state index in [1.807, 2.05) is 51.2 Å². The molecular formula is C21H22N2O4. The zero-order chi connectivity index (χ0) is 19.6. The lowest BCUT2D eigenvalue weighted by Crippen LogP contribution is -2.13. The lowest BCUT2D eigenvalue weighted by Gasteiger charge is -2.19. The lowest BCUT2D eigenvalue weighted by molar-refractivity contribution is -0.385. The van der Waals surface area contributed by atoms with E-state index >= 15 is 0 Å². The number of carbonyl (C=O) groups is 1. The Labute approximate surface area is 157 Å². The Kier molecular flexibility index (Phi) is 4.99. The van der Waals surface area contributed by atoms with Crippen LogP contribution >= 0.6 is 0 Å². The minimum absolute atomic E-state index is 0.0167. The van der Waals surface area contributed by atoms with Crippen molar-refractivity contribution in [3.8, 4) is 5.75 Å². The molecule has 3 aromatic rings. The number of carbonyl (C=O) groups excluding carboxylic acids is 1. The summed E-state index contributed by atoms with van der Waals surface area (Å²) < 4.78 is 5.29. The number of aryl methyl sites for hydroxylation is 1. The summed E-state index contributed by atoms with van der Waals surface area (Å²) in [4.78, 5) is 26.3. The number of hydrogen-bond donors (Lipinski definition) is 1. The Bertz CT molecular complexity index is 999. The Morgan fingerprint density at radius 1 is 1.19 bits per heavy atom. The monoisotopic (exact) mass is 366 g/mol. The van der Waals surface area contributed by atoms with E-state index in [9.17, 15) is 14.9 Å². The molecule has 2 aromatic carbocycles. The van der Waals surface area contributed by atoms with Gasteiger partial charge in [-0.3, -0.25) is 14.9 Å². The van der Waals surface area contributed by atoms with E-state index in [2.05, 4.69) is 4.98 Å². The topological polar surface area (TPSA) is 85.2 Å². The van der Waals surface area contributed by atoms with E-state index in [0.29, 0.717) is 6.42 Å². The second-order valence-electron chi connectivity index (χ2n) is 7.52. The smallest absolute Gasteiger partial charge is 0.311 e. The predicted molar refractivity (Wildman–Crippen MR) is 104 cm³/mol. The van der Waals surface area contributed by atoms with Gasteiger partial charge < -0.3 is 9.72 Å². The van der Waals surface area contributed by atoms with Gasteiger partial charge in [0.2, 0.25) is 5.75 Å². The van der Waals surface area contributed by atoms with Crippen LogP contribution in [0, 0.1) is 10.1 Å². The van der Waals surface area contributed by atoms with Crippen LogP contribution < -0.4 is 4.74 Å². The van der Waals surface area contributed by atoms with Gasteiger partial charge in [0.15, 0.2) is 0 Å². The normalized spacial score (nSPS) is 11.5. The standard InChI is InChI=1S/C21H22N2O4/c1-21(2,3)15-9-10-19(18(12-15)23(25)26)27-20(24)11-8-14-13-22-17-7-5-4-6-16(14)17/h4-7,9-10,12-13,22H,8,11H2,1-3H3. The van der Waals surface area contributed by atoms with Crippen molar-refractivity contribution in [2.75, 3.05) is 0 Å². The molecule has 0 aliphatic carbocycles. The van der Waals surface area contributed by atoms with Crippen molar-refractivity contribution in [2.24, 2.45) is 0 Å². The van der Waals surface area contributed by atoms with E-state index in [1.165, 1.54) is 12.1 Å². The average molecular weight is 366 g/mol. The number of nitro benzene ring substituents is 1. The minimum Gasteiger partial charge on any atom is -0.419 e. The molecule has 0 fully saturated rings. The number of nitrogens with one attached hydrogen (secondary N) is 1. The zero-order valence-corrected chi connectivity index (χ0v) is 15.6. The SMILES string of the molecule is CC(C)(C)c1ccc(OC(=O)CCc2c[nH]c3ccccc23)c([N+](=O)[O-])c1. The van der Waals surface area contributed by atoms with Gasteiger partial charge in [-0.25, -0.2) is 0 Å². The van der Waals surface area contributed by atoms with Gasteiger partial charge in [0.25, 0.3) is 0 Å². The molecule has 0 aliphatic heterocycles. The van der Waals surface area contributed by atoms with Crippen LogP contribution in [0.2, 0.25) is 0 Å². The number of fused-ring (bicyclic) bond motifs is 1. The number of nitrogens with zero attached hydrogens (tertiary/aromatic N) is 1. The van der Waals surface area contributed by atoms with Crippen LogP contribution in [0.1, 0.15) is 38.3 Å². The second kappa shape index (κ2) is 7.23. The summed E-state index contributed by atoms with van der Waals surface area (Å²) in [5.74, 6) is -0.510. The lowest BCUT2D eigenvalue weighted by atomic mass is 9.87. The summed E-state index contributed by atoms with van der Waals surface area (Å²) >= 11 is 0. The van der Waals surface area contributed by atoms with Gasteiger partial charge >= 0.3 is 11.7 Å². The number of H-pyrrole nitrogens is 1. The first-order valence-corrected chi connectivity index (χ1v) is 8.80. The number of aromatic nitrogens is 1. The van der Waals surface area contributed by atoms with Crippen LogP contribution in [0.4, 0.5) is 5.69 Å². The van der Waals surface area contributed by atoms with Gasteiger partial charge in [-0.05, 0) is 35.1 Å². The molecule has 140 valence electrons. The van der Waals surface area contributed by atoms with E-state index < -0.39 is 10.9 Å². The third-order valence-corrected chi connectivity index (χ3v) is 4.52. The van der Waals surface area contributed by atoms with Crippen molar-refractivity contribution < 1.29 is 14.5 Å². The molecule has 0 saturated heterocycles. The largest absolute Gasteiger partial charge is 0.419 e. The van der Waals surface area contributed by atoms with Gasteiger partial charge in [0.1, 0.15) is 0 Å². The summed E-state index contributed by atoms with van der Waals surface area (Å²) in [5, 5.41) is 12.4. The van der Waals surface area contributed by atoms with Crippen molar-refractivity contribution in [3.05, 3.63) is 69.9 Å². The Morgan fingerprint density at radius 3 is 2.63 bits per heavy atom. The molecule has 0 aliphatic rings. The first-order chi connectivity index (χ1) is 12.8. The van der Waals surface area contributed by atoms with Crippen molar-refractivity contribution in [1.29, 1.82) is 0 Å². The van der Waals surface area contributed by atoms with E-state index in [1.54, 1.807) is 6.07 Å². The highest BCUT2D eigenvalue weighted by molar-refractivity contribution is 5.84. The number of aromatic amines is 1. The van der Waals surface area contributed by atoms with E-state index in [0.717, 1.165) is 22.0 Å². The highest BCUT2D eigenvalue weighted by atomic mass is 16.6. The van der Waals surface area contributed by atoms with Gasteiger partial charge in [-0.2, -0.15) is 0 Å². The molecule has 0 atom stereocenters. The fourth-order valence-corrected chi connectivity index (χ4v) is 2.96. The second-order valence-corrected chi connectivity index (χ2v) is 7.52. The molecule has 27 heavy (non-hydrogen) atoms. The maximum Gasteiger partial charge on any atom is 0.311 e. The van der Waals surface area contributed by atoms with Crippen LogP contribution in [-0.2, 0) is 16.6 Å². The summed E-state index contributed by atoms with van der Waals surface area (Å²) in [6.45, 7) is 5.91. The summed E-state index contributed by atoms with van der Waals surface area (Å²) in [6.07, 6.45) is 2.51. The average Bonchev–Trinajstić information content (AvgIpc) is 3.02. The predicted octanol–water partition coefficient (Wildman–Crippen LogP) is 4.91. The quantitative estimate of drug-likeness (QED) is 0.301. The number of ether oxygens (including phenoxy) is 1. The third kappa shape index (κ3) is 4.16. The molecule has 0 amide bonds. The number of nitro groups is 1. The van der Waals surface area contributed by atoms with Gasteiger partial charge in [0, 0.05) is 23.2 Å².